The van der Waals surface area contributed by atoms with Crippen LogP contribution in [0.2, 0.25) is 0 Å². The predicted octanol–water partition coefficient (Wildman–Crippen LogP) is 2.08. The summed E-state index contributed by atoms with van der Waals surface area (Å²) in [5.41, 5.74) is 2.70. The lowest BCUT2D eigenvalue weighted by atomic mass is 9.92. The summed E-state index contributed by atoms with van der Waals surface area (Å²) in [6.07, 6.45) is 5.98. The van der Waals surface area contributed by atoms with Gasteiger partial charge >= 0.3 is 6.03 Å². The molecule has 1 aromatic carbocycles. The molecule has 2 atom stereocenters. The highest BCUT2D eigenvalue weighted by Crippen LogP contribution is 2.33. The van der Waals surface area contributed by atoms with Gasteiger partial charge in [-0.15, -0.1) is 0 Å². The summed E-state index contributed by atoms with van der Waals surface area (Å²) in [6.45, 7) is 2.76. The number of nitrogens with one attached hydrogen (secondary N) is 2. The molecule has 2 N–H and O–H groups in total. The van der Waals surface area contributed by atoms with Crippen LogP contribution in [0.1, 0.15) is 43.7 Å². The molecule has 1 saturated carbocycles. The number of hydrogen-bond acceptors (Lipinski definition) is 3. The van der Waals surface area contributed by atoms with Crippen LogP contribution in [0.15, 0.2) is 35.9 Å². The number of rotatable bonds is 4. The maximum Gasteiger partial charge on any atom is 0.322 e. The van der Waals surface area contributed by atoms with E-state index >= 15 is 0 Å². The van der Waals surface area contributed by atoms with E-state index in [1.165, 1.54) is 16.7 Å². The van der Waals surface area contributed by atoms with Gasteiger partial charge in [0.15, 0.2) is 0 Å². The van der Waals surface area contributed by atoms with E-state index in [1.807, 2.05) is 23.1 Å². The van der Waals surface area contributed by atoms with Gasteiger partial charge in [0, 0.05) is 19.0 Å². The molecular weight excluding hydrogens is 342 g/mol. The summed E-state index contributed by atoms with van der Waals surface area (Å²) in [5.74, 6) is -0.311. The molecule has 27 heavy (non-hydrogen) atoms. The van der Waals surface area contributed by atoms with Crippen LogP contribution in [0.4, 0.5) is 4.79 Å². The van der Waals surface area contributed by atoms with Gasteiger partial charge in [-0.2, -0.15) is 0 Å². The molecule has 2 heterocycles. The van der Waals surface area contributed by atoms with Crippen molar-refractivity contribution in [1.29, 1.82) is 0 Å². The number of imide groups is 1. The Kier molecular flexibility index (Phi) is 4.50. The number of benzene rings is 1. The van der Waals surface area contributed by atoms with E-state index in [0.717, 1.165) is 25.7 Å². The molecule has 4 amide bonds. The van der Waals surface area contributed by atoms with Crippen LogP contribution in [-0.4, -0.2) is 40.9 Å². The van der Waals surface area contributed by atoms with Crippen molar-refractivity contribution in [2.45, 2.75) is 57.0 Å². The third kappa shape index (κ3) is 3.61. The van der Waals surface area contributed by atoms with E-state index in [-0.39, 0.29) is 24.3 Å². The Balaban J connectivity index is 1.45. The zero-order chi connectivity index (χ0) is 19.0. The maximum absolute atomic E-state index is 13.0. The molecule has 0 aromatic heterocycles. The minimum atomic E-state index is -1.07. The lowest BCUT2D eigenvalue weighted by Gasteiger charge is -2.29. The van der Waals surface area contributed by atoms with Gasteiger partial charge in [-0.3, -0.25) is 14.9 Å². The molecule has 6 heteroatoms. The van der Waals surface area contributed by atoms with E-state index in [2.05, 4.69) is 29.7 Å². The zero-order valence-corrected chi connectivity index (χ0v) is 15.6. The van der Waals surface area contributed by atoms with Crippen molar-refractivity contribution in [2.75, 3.05) is 6.54 Å². The third-order valence-electron chi connectivity index (χ3n) is 5.80. The maximum atomic E-state index is 13.0. The van der Waals surface area contributed by atoms with Crippen molar-refractivity contribution in [3.8, 4) is 0 Å². The summed E-state index contributed by atoms with van der Waals surface area (Å²) >= 11 is 0. The first-order valence-electron chi connectivity index (χ1n) is 9.67. The Morgan fingerprint density at radius 1 is 1.22 bits per heavy atom. The number of hydrogen-bond donors (Lipinski definition) is 2. The van der Waals surface area contributed by atoms with Crippen molar-refractivity contribution in [1.82, 2.24) is 15.5 Å². The van der Waals surface area contributed by atoms with Crippen molar-refractivity contribution in [3.63, 3.8) is 0 Å². The van der Waals surface area contributed by atoms with Crippen LogP contribution in [0, 0.1) is 0 Å². The summed E-state index contributed by atoms with van der Waals surface area (Å²) in [4.78, 5) is 38.9. The fourth-order valence-electron chi connectivity index (χ4n) is 4.13. The molecule has 6 nitrogen and oxygen atoms in total. The number of fused-ring (bicyclic) bond motifs is 1. The van der Waals surface area contributed by atoms with Crippen molar-refractivity contribution >= 4 is 17.8 Å². The second-order valence-corrected chi connectivity index (χ2v) is 7.84. The smallest absolute Gasteiger partial charge is 0.322 e. The summed E-state index contributed by atoms with van der Waals surface area (Å²) in [5, 5.41) is 5.05. The number of urea groups is 1. The zero-order valence-electron chi connectivity index (χ0n) is 15.6. The Labute approximate surface area is 159 Å². The number of amides is 4. The summed E-state index contributed by atoms with van der Waals surface area (Å²) in [7, 11) is 0. The molecule has 2 aliphatic heterocycles. The molecule has 2 fully saturated rings. The SMILES string of the molecule is CC1Cc2ccccc2CCN1C(=O)CC[C@@]1(C=C2CC2)NC(=O)NC1=O. The average molecular weight is 367 g/mol. The van der Waals surface area contributed by atoms with Gasteiger partial charge in [-0.05, 0) is 50.2 Å². The number of carbonyl (C=O) groups excluding carboxylic acids is 3. The van der Waals surface area contributed by atoms with Crippen LogP contribution >= 0.6 is 0 Å². The van der Waals surface area contributed by atoms with Gasteiger partial charge in [-0.1, -0.05) is 35.9 Å². The second-order valence-electron chi connectivity index (χ2n) is 7.84. The Morgan fingerprint density at radius 2 is 1.96 bits per heavy atom. The molecule has 0 radical (unpaired) electrons. The van der Waals surface area contributed by atoms with E-state index in [9.17, 15) is 14.4 Å². The molecule has 142 valence electrons. The highest BCUT2D eigenvalue weighted by Gasteiger charge is 2.45. The molecule has 0 bridgehead atoms. The van der Waals surface area contributed by atoms with Crippen LogP contribution in [-0.2, 0) is 22.4 Å². The highest BCUT2D eigenvalue weighted by atomic mass is 16.2. The van der Waals surface area contributed by atoms with Gasteiger partial charge in [-0.25, -0.2) is 4.79 Å². The average Bonchev–Trinajstić information content (AvgIpc) is 3.41. The normalized spacial score (nSPS) is 26.8. The lowest BCUT2D eigenvalue weighted by Crippen LogP contribution is -2.47. The van der Waals surface area contributed by atoms with Crippen LogP contribution in [0.3, 0.4) is 0 Å². The number of nitrogens with zero attached hydrogens (tertiary/aromatic N) is 1. The van der Waals surface area contributed by atoms with E-state index < -0.39 is 11.6 Å². The van der Waals surface area contributed by atoms with Crippen LogP contribution < -0.4 is 10.6 Å². The Hall–Kier alpha value is -2.63. The quantitative estimate of drug-likeness (QED) is 0.632. The first-order valence-corrected chi connectivity index (χ1v) is 9.67. The van der Waals surface area contributed by atoms with E-state index in [1.54, 1.807) is 0 Å². The fraction of sp³-hybridized carbons (Fsp3) is 0.476. The minimum absolute atomic E-state index is 0.0397. The van der Waals surface area contributed by atoms with Gasteiger partial charge < -0.3 is 10.2 Å². The summed E-state index contributed by atoms with van der Waals surface area (Å²) < 4.78 is 0. The topological polar surface area (TPSA) is 78.5 Å². The van der Waals surface area contributed by atoms with Gasteiger partial charge in [0.2, 0.25) is 5.91 Å². The van der Waals surface area contributed by atoms with E-state index in [4.69, 9.17) is 0 Å². The molecule has 0 spiro atoms. The second kappa shape index (κ2) is 6.83. The fourth-order valence-corrected chi connectivity index (χ4v) is 4.13. The van der Waals surface area contributed by atoms with Crippen molar-refractivity contribution in [3.05, 3.63) is 47.0 Å². The third-order valence-corrected chi connectivity index (χ3v) is 5.80. The first-order chi connectivity index (χ1) is 13.0. The largest absolute Gasteiger partial charge is 0.339 e. The molecule has 1 unspecified atom stereocenters. The predicted molar refractivity (Wildman–Crippen MR) is 101 cm³/mol. The van der Waals surface area contributed by atoms with Crippen LogP contribution in [0.5, 0.6) is 0 Å². The highest BCUT2D eigenvalue weighted by molar-refractivity contribution is 6.08. The summed E-state index contributed by atoms with van der Waals surface area (Å²) in [6, 6.07) is 7.98. The van der Waals surface area contributed by atoms with Crippen LogP contribution in [0.25, 0.3) is 0 Å². The van der Waals surface area contributed by atoms with Gasteiger partial charge in [0.1, 0.15) is 5.54 Å². The Morgan fingerprint density at radius 3 is 2.63 bits per heavy atom. The number of allylic oxidation sites excluding steroid dienone is 1. The van der Waals surface area contributed by atoms with Crippen molar-refractivity contribution in [2.24, 2.45) is 0 Å². The molecule has 1 aromatic rings. The molecule has 3 aliphatic rings. The number of carbonyl (C=O) groups is 3. The molecule has 4 rings (SSSR count). The minimum Gasteiger partial charge on any atom is -0.339 e. The Bertz CT molecular complexity index is 826. The molecular formula is C21H25N3O3. The molecule has 1 saturated heterocycles. The van der Waals surface area contributed by atoms with E-state index in [0.29, 0.717) is 13.0 Å². The van der Waals surface area contributed by atoms with Gasteiger partial charge in [0.05, 0.1) is 0 Å². The molecule has 1 aliphatic carbocycles. The van der Waals surface area contributed by atoms with Crippen molar-refractivity contribution < 1.29 is 14.4 Å². The standard InChI is InChI=1S/C21H25N3O3/c1-14-12-17-5-3-2-4-16(17)9-11-24(14)18(25)8-10-21(13-15-6-7-15)19(26)22-20(27)23-21/h2-5,13-14H,6-12H2,1H3,(H2,22,23,26,27)/t14?,21-/m0/s1. The lowest BCUT2D eigenvalue weighted by molar-refractivity contribution is -0.133. The monoisotopic (exact) mass is 367 g/mol. The van der Waals surface area contributed by atoms with Gasteiger partial charge in [0.25, 0.3) is 5.91 Å². The first kappa shape index (κ1) is 17.8.